The summed E-state index contributed by atoms with van der Waals surface area (Å²) in [5.41, 5.74) is 8.40. The Morgan fingerprint density at radius 3 is 2.77 bits per heavy atom. The van der Waals surface area contributed by atoms with Gasteiger partial charge in [0.1, 0.15) is 5.82 Å². The number of nitrogens with two attached hydrogens (primary N) is 1. The summed E-state index contributed by atoms with van der Waals surface area (Å²) in [5, 5.41) is 4.45. The average Bonchev–Trinajstić information content (AvgIpc) is 2.84. The summed E-state index contributed by atoms with van der Waals surface area (Å²) in [6.45, 7) is 2.14. The van der Waals surface area contributed by atoms with Crippen LogP contribution in [-0.4, -0.2) is 9.78 Å². The first-order valence-corrected chi connectivity index (χ1v) is 5.02. The molecule has 0 bridgehead atoms. The van der Waals surface area contributed by atoms with Gasteiger partial charge in [-0.25, -0.2) is 0 Å². The zero-order valence-corrected chi connectivity index (χ0v) is 8.38. The maximum Gasteiger partial charge on any atom is 0.124 e. The number of nitrogens with zero attached hydrogens (tertiary/aromatic N) is 2. The normalized spacial score (nSPS) is 16.5. The van der Waals surface area contributed by atoms with Crippen molar-refractivity contribution in [3.05, 3.63) is 11.3 Å². The molecule has 0 saturated heterocycles. The molecular weight excluding hydrogens is 162 g/mol. The van der Waals surface area contributed by atoms with Crippen molar-refractivity contribution in [1.29, 1.82) is 0 Å². The second kappa shape index (κ2) is 3.05. The number of nitrogen functional groups attached to an aromatic ring is 1. The minimum atomic E-state index is 0.846. The number of anilines is 1. The van der Waals surface area contributed by atoms with E-state index in [0.29, 0.717) is 0 Å². The van der Waals surface area contributed by atoms with E-state index >= 15 is 0 Å². The molecule has 1 aliphatic rings. The molecule has 0 aromatic carbocycles. The first kappa shape index (κ1) is 8.60. The van der Waals surface area contributed by atoms with Gasteiger partial charge in [-0.3, -0.25) is 4.68 Å². The van der Waals surface area contributed by atoms with Crippen molar-refractivity contribution in [3.8, 4) is 0 Å². The van der Waals surface area contributed by atoms with Crippen LogP contribution in [0.15, 0.2) is 0 Å². The van der Waals surface area contributed by atoms with Gasteiger partial charge in [0.05, 0.1) is 5.69 Å². The summed E-state index contributed by atoms with van der Waals surface area (Å²) in [5.74, 6) is 1.73. The minimum Gasteiger partial charge on any atom is -0.384 e. The molecule has 72 valence electrons. The van der Waals surface area contributed by atoms with E-state index in [1.54, 1.807) is 4.68 Å². The van der Waals surface area contributed by atoms with Crippen LogP contribution in [0.5, 0.6) is 0 Å². The highest BCUT2D eigenvalue weighted by Crippen LogP contribution is 2.33. The van der Waals surface area contributed by atoms with Crippen molar-refractivity contribution in [2.75, 3.05) is 5.73 Å². The monoisotopic (exact) mass is 179 g/mol. The maximum atomic E-state index is 5.91. The van der Waals surface area contributed by atoms with Crippen LogP contribution in [-0.2, 0) is 19.9 Å². The van der Waals surface area contributed by atoms with Crippen molar-refractivity contribution in [1.82, 2.24) is 9.78 Å². The van der Waals surface area contributed by atoms with Crippen LogP contribution in [0.2, 0.25) is 0 Å². The Kier molecular flexibility index (Phi) is 2.02. The Morgan fingerprint density at radius 1 is 1.54 bits per heavy atom. The summed E-state index contributed by atoms with van der Waals surface area (Å²) < 4.78 is 1.80. The predicted molar refractivity (Wildman–Crippen MR) is 53.4 cm³/mol. The minimum absolute atomic E-state index is 0.846. The van der Waals surface area contributed by atoms with Gasteiger partial charge < -0.3 is 5.73 Å². The van der Waals surface area contributed by atoms with Gasteiger partial charge >= 0.3 is 0 Å². The molecule has 0 aliphatic heterocycles. The van der Waals surface area contributed by atoms with Crippen LogP contribution in [0, 0.1) is 5.92 Å². The number of rotatable bonds is 3. The molecular formula is C10H17N3. The molecule has 0 amide bonds. The third-order valence-electron chi connectivity index (χ3n) is 2.81. The summed E-state index contributed by atoms with van der Waals surface area (Å²) in [6.07, 6.45) is 4.88. The van der Waals surface area contributed by atoms with Crippen LogP contribution in [0.3, 0.4) is 0 Å². The molecule has 1 heterocycles. The third-order valence-corrected chi connectivity index (χ3v) is 2.81. The first-order valence-electron chi connectivity index (χ1n) is 5.02. The van der Waals surface area contributed by atoms with Gasteiger partial charge in [0.15, 0.2) is 0 Å². The molecule has 1 saturated carbocycles. The van der Waals surface area contributed by atoms with Crippen LogP contribution < -0.4 is 5.73 Å². The number of aryl methyl sites for hydroxylation is 1. The van der Waals surface area contributed by atoms with Crippen molar-refractivity contribution < 1.29 is 0 Å². The summed E-state index contributed by atoms with van der Waals surface area (Å²) >= 11 is 0. The molecule has 1 fully saturated rings. The molecule has 0 atom stereocenters. The van der Waals surface area contributed by atoms with Crippen LogP contribution in [0.25, 0.3) is 0 Å². The molecule has 1 aliphatic carbocycles. The van der Waals surface area contributed by atoms with Gasteiger partial charge in [-0.15, -0.1) is 0 Å². The van der Waals surface area contributed by atoms with E-state index in [0.717, 1.165) is 24.6 Å². The van der Waals surface area contributed by atoms with Crippen molar-refractivity contribution in [2.24, 2.45) is 13.0 Å². The van der Waals surface area contributed by atoms with Crippen molar-refractivity contribution in [2.45, 2.75) is 32.6 Å². The zero-order valence-electron chi connectivity index (χ0n) is 8.38. The molecule has 1 aromatic rings. The van der Waals surface area contributed by atoms with Gasteiger partial charge in [0, 0.05) is 12.6 Å². The van der Waals surface area contributed by atoms with E-state index < -0.39 is 0 Å². The van der Waals surface area contributed by atoms with E-state index in [1.165, 1.54) is 24.1 Å². The fourth-order valence-corrected chi connectivity index (χ4v) is 1.78. The molecule has 0 radical (unpaired) electrons. The predicted octanol–water partition coefficient (Wildman–Crippen LogP) is 1.52. The number of aromatic nitrogens is 2. The van der Waals surface area contributed by atoms with Crippen LogP contribution >= 0.6 is 0 Å². The maximum absolute atomic E-state index is 5.91. The topological polar surface area (TPSA) is 43.8 Å². The molecule has 0 spiro atoms. The highest BCUT2D eigenvalue weighted by Gasteiger charge is 2.24. The summed E-state index contributed by atoms with van der Waals surface area (Å²) in [7, 11) is 1.92. The number of hydrogen-bond acceptors (Lipinski definition) is 2. The largest absolute Gasteiger partial charge is 0.384 e. The first-order chi connectivity index (χ1) is 6.22. The average molecular weight is 179 g/mol. The van der Waals surface area contributed by atoms with E-state index in [4.69, 9.17) is 5.73 Å². The Balaban J connectivity index is 2.26. The quantitative estimate of drug-likeness (QED) is 0.764. The SMILES string of the molecule is CCc1c(CC2CC2)nn(C)c1N. The molecule has 13 heavy (non-hydrogen) atoms. The van der Waals surface area contributed by atoms with Gasteiger partial charge in [0.25, 0.3) is 0 Å². The Bertz CT molecular complexity index is 310. The van der Waals surface area contributed by atoms with Gasteiger partial charge in [-0.1, -0.05) is 6.92 Å². The second-order valence-electron chi connectivity index (χ2n) is 3.94. The molecule has 0 unspecified atom stereocenters. The van der Waals surface area contributed by atoms with Gasteiger partial charge in [0.2, 0.25) is 0 Å². The lowest BCUT2D eigenvalue weighted by Crippen LogP contribution is -1.98. The zero-order chi connectivity index (χ0) is 9.42. The smallest absolute Gasteiger partial charge is 0.124 e. The standard InChI is InChI=1S/C10H17N3/c1-3-8-9(6-7-4-5-7)12-13(2)10(8)11/h7H,3-6,11H2,1-2H3. The van der Waals surface area contributed by atoms with Crippen molar-refractivity contribution in [3.63, 3.8) is 0 Å². The summed E-state index contributed by atoms with van der Waals surface area (Å²) in [6, 6.07) is 0. The molecule has 3 heteroatoms. The Labute approximate surface area is 78.9 Å². The fraction of sp³-hybridized carbons (Fsp3) is 0.700. The van der Waals surface area contributed by atoms with E-state index in [9.17, 15) is 0 Å². The molecule has 2 N–H and O–H groups in total. The van der Waals surface area contributed by atoms with E-state index in [1.807, 2.05) is 7.05 Å². The highest BCUT2D eigenvalue weighted by molar-refractivity contribution is 5.43. The van der Waals surface area contributed by atoms with E-state index in [-0.39, 0.29) is 0 Å². The molecule has 1 aromatic heterocycles. The molecule has 3 nitrogen and oxygen atoms in total. The van der Waals surface area contributed by atoms with Crippen LogP contribution in [0.4, 0.5) is 5.82 Å². The fourth-order valence-electron chi connectivity index (χ4n) is 1.78. The Hall–Kier alpha value is -0.990. The molecule has 2 rings (SSSR count). The lowest BCUT2D eigenvalue weighted by atomic mass is 10.1. The number of hydrogen-bond donors (Lipinski definition) is 1. The second-order valence-corrected chi connectivity index (χ2v) is 3.94. The lowest BCUT2D eigenvalue weighted by molar-refractivity contribution is 0.720. The summed E-state index contributed by atoms with van der Waals surface area (Å²) in [4.78, 5) is 0. The van der Waals surface area contributed by atoms with Gasteiger partial charge in [-0.05, 0) is 31.6 Å². The van der Waals surface area contributed by atoms with Gasteiger partial charge in [-0.2, -0.15) is 5.10 Å². The Morgan fingerprint density at radius 2 is 2.23 bits per heavy atom. The van der Waals surface area contributed by atoms with E-state index in [2.05, 4.69) is 12.0 Å². The third kappa shape index (κ3) is 1.55. The van der Waals surface area contributed by atoms with Crippen LogP contribution in [0.1, 0.15) is 31.0 Å². The highest BCUT2D eigenvalue weighted by atomic mass is 15.3. The van der Waals surface area contributed by atoms with Crippen molar-refractivity contribution >= 4 is 5.82 Å². The lowest BCUT2D eigenvalue weighted by Gasteiger charge is -1.98.